The van der Waals surface area contributed by atoms with Crippen LogP contribution in [0.4, 0.5) is 0 Å². The van der Waals surface area contributed by atoms with Crippen molar-refractivity contribution >= 4 is 23.9 Å². The predicted molar refractivity (Wildman–Crippen MR) is 258 cm³/mol. The zero-order valence-corrected chi connectivity index (χ0v) is 37.6. The number of para-hydroxylation sites is 2. The first kappa shape index (κ1) is 55.4. The van der Waals surface area contributed by atoms with Crippen molar-refractivity contribution in [2.75, 3.05) is 0 Å². The Morgan fingerprint density at radius 3 is 0.926 bits per heavy atom. The summed E-state index contributed by atoms with van der Waals surface area (Å²) in [5.74, 6) is -2.17. The van der Waals surface area contributed by atoms with E-state index >= 15 is 0 Å². The summed E-state index contributed by atoms with van der Waals surface area (Å²) in [5, 5.41) is 88.3. The zero-order chi connectivity index (χ0) is 50.6. The van der Waals surface area contributed by atoms with Gasteiger partial charge in [0.05, 0.1) is 5.56 Å². The molecule has 10 N–H and O–H groups in total. The molecule has 0 saturated carbocycles. The van der Waals surface area contributed by atoms with E-state index in [-0.39, 0.29) is 47.3 Å². The molecule has 0 bridgehead atoms. The van der Waals surface area contributed by atoms with E-state index in [0.29, 0.717) is 17.9 Å². The van der Waals surface area contributed by atoms with Crippen LogP contribution in [0.25, 0.3) is 0 Å². The van der Waals surface area contributed by atoms with Crippen LogP contribution in [0.3, 0.4) is 0 Å². The number of aliphatic carboxylic acids is 3. The topological polar surface area (TPSA) is 271 Å². The summed E-state index contributed by atoms with van der Waals surface area (Å²) in [7, 11) is 0. The number of carboxylic acids is 4. The van der Waals surface area contributed by atoms with Crippen LogP contribution in [-0.4, -0.2) is 74.9 Å². The molecule has 7 rings (SSSR count). The highest BCUT2D eigenvalue weighted by Crippen LogP contribution is 2.38. The predicted octanol–water partition coefficient (Wildman–Crippen LogP) is 10.6. The van der Waals surface area contributed by atoms with Gasteiger partial charge in [0, 0.05) is 31.1 Å². The number of carbonyl (C=O) groups is 4. The Morgan fingerprint density at radius 1 is 0.426 bits per heavy atom. The molecule has 0 amide bonds. The van der Waals surface area contributed by atoms with Gasteiger partial charge in [-0.25, -0.2) is 4.79 Å². The van der Waals surface area contributed by atoms with Crippen LogP contribution in [0.1, 0.15) is 84.1 Å². The summed E-state index contributed by atoms with van der Waals surface area (Å²) in [5.41, 5.74) is 4.42. The number of phenolic OH excluding ortho intramolecular Hbond substituents is 6. The summed E-state index contributed by atoms with van der Waals surface area (Å²) >= 11 is 0. The van der Waals surface area contributed by atoms with E-state index in [1.807, 2.05) is 43.3 Å². The maximum absolute atomic E-state index is 11.0. The highest BCUT2D eigenvalue weighted by atomic mass is 16.4. The van der Waals surface area contributed by atoms with Gasteiger partial charge in [-0.2, -0.15) is 0 Å². The van der Waals surface area contributed by atoms with Crippen LogP contribution < -0.4 is 0 Å². The lowest BCUT2D eigenvalue weighted by Crippen LogP contribution is -2.24. The molecule has 0 atom stereocenters. The Hall–Kier alpha value is -8.78. The molecule has 14 heteroatoms. The van der Waals surface area contributed by atoms with E-state index in [4.69, 9.17) is 35.4 Å². The second-order valence-electron chi connectivity index (χ2n) is 14.8. The maximum atomic E-state index is 11.0. The minimum absolute atomic E-state index is 0.0399. The molecule has 0 radical (unpaired) electrons. The summed E-state index contributed by atoms with van der Waals surface area (Å²) in [6.07, 6.45) is 0.691. The molecule has 0 heterocycles. The Balaban J connectivity index is 0.000000322. The molecule has 356 valence electrons. The van der Waals surface area contributed by atoms with E-state index in [0.717, 1.165) is 34.7 Å². The Labute approximate surface area is 394 Å². The number of rotatable bonds is 10. The lowest BCUT2D eigenvalue weighted by atomic mass is 9.73. The van der Waals surface area contributed by atoms with E-state index < -0.39 is 29.3 Å². The maximum Gasteiger partial charge on any atom is 0.335 e. The Bertz CT molecular complexity index is 2410. The standard InChI is InChI=1S/C20H16O4.C17H18O4.2C6H6O.C3H6O2.C2H4O2/c21-17-9-5-14(6-10-17)19(15-7-11-18(22)12-8-15)13-1-3-16(4-2-13)20(23)24;1-17(11-10-16(20)21,12-2-6-14(18)7-3-12)13-4-8-15(19)9-5-13;2*7-6-4-2-1-3-5-6;1-2-3(4)5;1-2(3)4/h1-12,19,21-22H,(H,23,24);2-9,18-19H,10-11H2,1H3,(H,20,21);2*1-5,7H;2H2,1H3,(H,4,5);1H3,(H,3,4). The minimum atomic E-state index is -0.965. The van der Waals surface area contributed by atoms with Crippen LogP contribution in [0.5, 0.6) is 34.5 Å². The van der Waals surface area contributed by atoms with Crippen LogP contribution in [-0.2, 0) is 19.8 Å². The SMILES string of the molecule is CC(=O)O.CC(CCC(=O)O)(c1ccc(O)cc1)c1ccc(O)cc1.CCC(=O)O.O=C(O)c1ccc(C(c2ccc(O)cc2)c2ccc(O)cc2)cc1.Oc1ccccc1.Oc1ccccc1. The van der Waals surface area contributed by atoms with Gasteiger partial charge in [-0.05, 0) is 119 Å². The number of phenols is 6. The van der Waals surface area contributed by atoms with Gasteiger partial charge in [-0.15, -0.1) is 0 Å². The molecule has 7 aromatic rings. The minimum Gasteiger partial charge on any atom is -0.508 e. The van der Waals surface area contributed by atoms with Crippen LogP contribution in [0, 0.1) is 0 Å². The molecule has 7 aromatic carbocycles. The first-order valence-electron chi connectivity index (χ1n) is 20.9. The third-order valence-electron chi connectivity index (χ3n) is 9.61. The van der Waals surface area contributed by atoms with Gasteiger partial charge in [-0.3, -0.25) is 14.4 Å². The van der Waals surface area contributed by atoms with Crippen molar-refractivity contribution in [1.82, 2.24) is 0 Å². The third-order valence-corrected chi connectivity index (χ3v) is 9.61. The van der Waals surface area contributed by atoms with E-state index in [1.54, 1.807) is 153 Å². The summed E-state index contributed by atoms with van der Waals surface area (Å²) in [6, 6.07) is 51.5. The molecular weight excluding hydrogens is 873 g/mol. The van der Waals surface area contributed by atoms with Crippen LogP contribution in [0.15, 0.2) is 182 Å². The number of hydrogen-bond donors (Lipinski definition) is 10. The van der Waals surface area contributed by atoms with Gasteiger partial charge in [-0.1, -0.05) is 111 Å². The third kappa shape index (κ3) is 20.8. The molecule has 68 heavy (non-hydrogen) atoms. The summed E-state index contributed by atoms with van der Waals surface area (Å²) in [4.78, 5) is 40.3. The van der Waals surface area contributed by atoms with Crippen LogP contribution >= 0.6 is 0 Å². The molecule has 0 saturated heterocycles. The second kappa shape index (κ2) is 28.9. The Kier molecular flexibility index (Phi) is 23.5. The highest BCUT2D eigenvalue weighted by molar-refractivity contribution is 5.87. The number of hydrogen-bond acceptors (Lipinski definition) is 10. The van der Waals surface area contributed by atoms with Crippen molar-refractivity contribution in [2.45, 2.75) is 51.4 Å². The molecular formula is C54H56O14. The lowest BCUT2D eigenvalue weighted by molar-refractivity contribution is -0.138. The number of aromatic carboxylic acids is 1. The lowest BCUT2D eigenvalue weighted by Gasteiger charge is -2.30. The quantitative estimate of drug-likeness (QED) is 0.0572. The van der Waals surface area contributed by atoms with Crippen molar-refractivity contribution in [3.8, 4) is 34.5 Å². The van der Waals surface area contributed by atoms with Crippen molar-refractivity contribution < 1.29 is 70.2 Å². The monoisotopic (exact) mass is 928 g/mol. The smallest absolute Gasteiger partial charge is 0.335 e. The average molecular weight is 929 g/mol. The van der Waals surface area contributed by atoms with E-state index in [9.17, 15) is 34.8 Å². The van der Waals surface area contributed by atoms with Gasteiger partial charge >= 0.3 is 17.9 Å². The van der Waals surface area contributed by atoms with Crippen molar-refractivity contribution in [1.29, 1.82) is 0 Å². The molecule has 0 unspecified atom stereocenters. The first-order chi connectivity index (χ1) is 32.2. The van der Waals surface area contributed by atoms with Crippen molar-refractivity contribution in [2.24, 2.45) is 0 Å². The van der Waals surface area contributed by atoms with Crippen LogP contribution in [0.2, 0.25) is 0 Å². The Morgan fingerprint density at radius 2 is 0.691 bits per heavy atom. The van der Waals surface area contributed by atoms with Gasteiger partial charge < -0.3 is 51.1 Å². The molecule has 14 nitrogen and oxygen atoms in total. The number of benzene rings is 7. The number of carboxylic acid groups (broad SMARTS) is 4. The zero-order valence-electron chi connectivity index (χ0n) is 37.6. The van der Waals surface area contributed by atoms with Gasteiger partial charge in [0.1, 0.15) is 34.5 Å². The molecule has 0 aliphatic heterocycles. The number of aromatic hydroxyl groups is 6. The molecule has 0 aliphatic carbocycles. The summed E-state index contributed by atoms with van der Waals surface area (Å²) in [6.45, 7) is 4.65. The molecule has 0 spiro atoms. The fourth-order valence-electron chi connectivity index (χ4n) is 6.06. The molecule has 0 fully saturated rings. The first-order valence-corrected chi connectivity index (χ1v) is 20.9. The normalized spacial score (nSPS) is 9.94. The van der Waals surface area contributed by atoms with Gasteiger partial charge in [0.25, 0.3) is 5.97 Å². The molecule has 0 aliphatic rings. The highest BCUT2D eigenvalue weighted by Gasteiger charge is 2.29. The van der Waals surface area contributed by atoms with Crippen molar-refractivity contribution in [3.63, 3.8) is 0 Å². The molecule has 0 aromatic heterocycles. The van der Waals surface area contributed by atoms with E-state index in [2.05, 4.69) is 0 Å². The van der Waals surface area contributed by atoms with Gasteiger partial charge in [0.2, 0.25) is 0 Å². The second-order valence-corrected chi connectivity index (χ2v) is 14.8. The van der Waals surface area contributed by atoms with E-state index in [1.165, 1.54) is 0 Å². The fraction of sp³-hybridized carbons (Fsp3) is 0.148. The average Bonchev–Trinajstić information content (AvgIpc) is 3.31. The van der Waals surface area contributed by atoms with Gasteiger partial charge in [0.15, 0.2) is 0 Å². The van der Waals surface area contributed by atoms with Crippen molar-refractivity contribution in [3.05, 3.63) is 215 Å². The largest absolute Gasteiger partial charge is 0.508 e. The summed E-state index contributed by atoms with van der Waals surface area (Å²) < 4.78 is 0. The fourth-order valence-corrected chi connectivity index (χ4v) is 6.06.